The van der Waals surface area contributed by atoms with Gasteiger partial charge in [-0.2, -0.15) is 0 Å². The summed E-state index contributed by atoms with van der Waals surface area (Å²) in [7, 11) is -3.58. The molecule has 166 valence electrons. The molecular weight excluding hydrogens is 463 g/mol. The van der Waals surface area contributed by atoms with Gasteiger partial charge in [0.05, 0.1) is 5.75 Å². The number of hydrogen-bond donors (Lipinski definition) is 1. The van der Waals surface area contributed by atoms with Gasteiger partial charge in [0, 0.05) is 41.2 Å². The third kappa shape index (κ3) is 5.09. The molecule has 0 bridgehead atoms. The van der Waals surface area contributed by atoms with Gasteiger partial charge in [-0.1, -0.05) is 35.3 Å². The fourth-order valence-corrected chi connectivity index (χ4v) is 6.04. The van der Waals surface area contributed by atoms with Crippen molar-refractivity contribution in [3.63, 3.8) is 0 Å². The molecule has 0 unspecified atom stereocenters. The minimum absolute atomic E-state index is 0.0798. The van der Waals surface area contributed by atoms with E-state index in [1.165, 1.54) is 4.31 Å². The Kier molecular flexibility index (Phi) is 6.62. The molecule has 0 radical (unpaired) electrons. The maximum Gasteiger partial charge on any atom is 0.231 e. The van der Waals surface area contributed by atoms with E-state index in [0.717, 1.165) is 5.56 Å². The van der Waals surface area contributed by atoms with Crippen molar-refractivity contribution in [2.75, 3.05) is 19.9 Å². The van der Waals surface area contributed by atoms with E-state index in [9.17, 15) is 13.2 Å². The Bertz CT molecular complexity index is 1060. The number of nitrogens with zero attached hydrogens (tertiary/aromatic N) is 1. The van der Waals surface area contributed by atoms with Crippen LogP contribution in [0.2, 0.25) is 10.0 Å². The molecule has 1 saturated heterocycles. The first-order chi connectivity index (χ1) is 14.8. The molecule has 2 aliphatic rings. The second-order valence-corrected chi connectivity index (χ2v) is 10.3. The van der Waals surface area contributed by atoms with Crippen LogP contribution in [0.1, 0.15) is 24.0 Å². The number of fused-ring (bicyclic) bond motifs is 1. The van der Waals surface area contributed by atoms with Crippen molar-refractivity contribution in [1.82, 2.24) is 9.62 Å². The van der Waals surface area contributed by atoms with Crippen LogP contribution in [0.3, 0.4) is 0 Å². The molecular formula is C21H22Cl2N2O5S. The molecule has 2 aliphatic heterocycles. The zero-order chi connectivity index (χ0) is 22.0. The first-order valence-corrected chi connectivity index (χ1v) is 12.3. The van der Waals surface area contributed by atoms with Crippen LogP contribution in [-0.4, -0.2) is 38.5 Å². The predicted molar refractivity (Wildman–Crippen MR) is 118 cm³/mol. The number of carbonyl (C=O) groups excluding carboxylic acids is 1. The SMILES string of the molecule is O=C(NCc1ccc2c(c1)OCO2)C1CCN(S(=O)(=O)Cc2c(Cl)cccc2Cl)CC1. The third-order valence-electron chi connectivity index (χ3n) is 5.51. The highest BCUT2D eigenvalue weighted by Crippen LogP contribution is 2.32. The van der Waals surface area contributed by atoms with Gasteiger partial charge in [-0.15, -0.1) is 0 Å². The lowest BCUT2D eigenvalue weighted by Gasteiger charge is -2.30. The van der Waals surface area contributed by atoms with Gasteiger partial charge in [0.15, 0.2) is 11.5 Å². The highest BCUT2D eigenvalue weighted by Gasteiger charge is 2.32. The predicted octanol–water partition coefficient (Wildman–Crippen LogP) is 3.58. The van der Waals surface area contributed by atoms with E-state index < -0.39 is 10.0 Å². The third-order valence-corrected chi connectivity index (χ3v) is 8.02. The summed E-state index contributed by atoms with van der Waals surface area (Å²) in [6, 6.07) is 10.5. The first kappa shape index (κ1) is 22.2. The molecule has 0 atom stereocenters. The van der Waals surface area contributed by atoms with Crippen molar-refractivity contribution in [2.45, 2.75) is 25.1 Å². The maximum atomic E-state index is 12.8. The van der Waals surface area contributed by atoms with Crippen molar-refractivity contribution in [1.29, 1.82) is 0 Å². The van der Waals surface area contributed by atoms with Crippen LogP contribution in [0.5, 0.6) is 11.5 Å². The van der Waals surface area contributed by atoms with E-state index in [1.807, 2.05) is 18.2 Å². The van der Waals surface area contributed by atoms with Gasteiger partial charge in [-0.05, 0) is 42.7 Å². The number of hydrogen-bond acceptors (Lipinski definition) is 5. The Morgan fingerprint density at radius 1 is 1.06 bits per heavy atom. The molecule has 31 heavy (non-hydrogen) atoms. The number of sulfonamides is 1. The Balaban J connectivity index is 1.30. The molecule has 2 heterocycles. The average Bonchev–Trinajstić information content (AvgIpc) is 3.23. The summed E-state index contributed by atoms with van der Waals surface area (Å²) in [6.45, 7) is 1.15. The highest BCUT2D eigenvalue weighted by molar-refractivity contribution is 7.88. The molecule has 1 fully saturated rings. The Morgan fingerprint density at radius 2 is 1.74 bits per heavy atom. The Hall–Kier alpha value is -2.00. The largest absolute Gasteiger partial charge is 0.454 e. The van der Waals surface area contributed by atoms with Crippen molar-refractivity contribution in [2.24, 2.45) is 5.92 Å². The van der Waals surface area contributed by atoms with Gasteiger partial charge in [0.2, 0.25) is 22.7 Å². The van der Waals surface area contributed by atoms with Crippen molar-refractivity contribution in [3.05, 3.63) is 57.6 Å². The van der Waals surface area contributed by atoms with Gasteiger partial charge in [-0.25, -0.2) is 12.7 Å². The van der Waals surface area contributed by atoms with Crippen LogP contribution in [0, 0.1) is 5.92 Å². The Morgan fingerprint density at radius 3 is 2.45 bits per heavy atom. The van der Waals surface area contributed by atoms with E-state index in [0.29, 0.717) is 46.5 Å². The van der Waals surface area contributed by atoms with Crippen LogP contribution >= 0.6 is 23.2 Å². The number of ether oxygens (including phenoxy) is 2. The molecule has 2 aromatic rings. The standard InChI is InChI=1S/C21H22Cl2N2O5S/c22-17-2-1-3-18(23)16(17)12-31(27,28)25-8-6-15(7-9-25)21(26)24-11-14-4-5-19-20(10-14)30-13-29-19/h1-5,10,15H,6-9,11-13H2,(H,24,26). The second kappa shape index (κ2) is 9.24. The highest BCUT2D eigenvalue weighted by atomic mass is 35.5. The molecule has 1 N–H and O–H groups in total. The molecule has 0 spiro atoms. The topological polar surface area (TPSA) is 84.9 Å². The summed E-state index contributed by atoms with van der Waals surface area (Å²) in [5, 5.41) is 3.59. The van der Waals surface area contributed by atoms with Gasteiger partial charge in [-0.3, -0.25) is 4.79 Å². The number of rotatable bonds is 6. The molecule has 0 aliphatic carbocycles. The lowest BCUT2D eigenvalue weighted by atomic mass is 9.97. The Labute approximate surface area is 191 Å². The van der Waals surface area contributed by atoms with Gasteiger partial charge < -0.3 is 14.8 Å². The summed E-state index contributed by atoms with van der Waals surface area (Å²) in [5.74, 6) is 0.797. The quantitative estimate of drug-likeness (QED) is 0.676. The average molecular weight is 485 g/mol. The number of benzene rings is 2. The fourth-order valence-electron chi connectivity index (χ4n) is 3.72. The monoisotopic (exact) mass is 484 g/mol. The van der Waals surface area contributed by atoms with Crippen molar-refractivity contribution < 1.29 is 22.7 Å². The summed E-state index contributed by atoms with van der Waals surface area (Å²) in [4.78, 5) is 12.6. The minimum Gasteiger partial charge on any atom is -0.454 e. The number of halogens is 2. The second-order valence-electron chi connectivity index (χ2n) is 7.54. The van der Waals surface area contributed by atoms with E-state index in [-0.39, 0.29) is 37.5 Å². The van der Waals surface area contributed by atoms with E-state index >= 15 is 0 Å². The molecule has 2 aromatic carbocycles. The van der Waals surface area contributed by atoms with Crippen LogP contribution in [-0.2, 0) is 27.1 Å². The number of amides is 1. The molecule has 0 aromatic heterocycles. The minimum atomic E-state index is -3.58. The fraction of sp³-hybridized carbons (Fsp3) is 0.381. The van der Waals surface area contributed by atoms with Crippen LogP contribution in [0.4, 0.5) is 0 Å². The van der Waals surface area contributed by atoms with Crippen LogP contribution < -0.4 is 14.8 Å². The van der Waals surface area contributed by atoms with Gasteiger partial charge in [0.1, 0.15) is 0 Å². The molecule has 7 nitrogen and oxygen atoms in total. The number of nitrogens with one attached hydrogen (secondary N) is 1. The zero-order valence-electron chi connectivity index (χ0n) is 16.6. The van der Waals surface area contributed by atoms with Crippen LogP contribution in [0.25, 0.3) is 0 Å². The van der Waals surface area contributed by atoms with E-state index in [1.54, 1.807) is 18.2 Å². The lowest BCUT2D eigenvalue weighted by Crippen LogP contribution is -2.43. The van der Waals surface area contributed by atoms with Crippen LogP contribution in [0.15, 0.2) is 36.4 Å². The smallest absolute Gasteiger partial charge is 0.231 e. The zero-order valence-corrected chi connectivity index (χ0v) is 19.0. The summed E-state index contributed by atoms with van der Waals surface area (Å²) in [6.07, 6.45) is 0.922. The molecule has 10 heteroatoms. The van der Waals surface area contributed by atoms with E-state index in [2.05, 4.69) is 5.32 Å². The maximum absolute atomic E-state index is 12.8. The number of carbonyl (C=O) groups is 1. The van der Waals surface area contributed by atoms with E-state index in [4.69, 9.17) is 32.7 Å². The first-order valence-electron chi connectivity index (χ1n) is 9.90. The normalized spacial score (nSPS) is 17.0. The molecule has 0 saturated carbocycles. The van der Waals surface area contributed by atoms with Gasteiger partial charge >= 0.3 is 0 Å². The van der Waals surface area contributed by atoms with Crippen molar-refractivity contribution in [3.8, 4) is 11.5 Å². The number of piperidine rings is 1. The van der Waals surface area contributed by atoms with Crippen molar-refractivity contribution >= 4 is 39.1 Å². The lowest BCUT2D eigenvalue weighted by molar-refractivity contribution is -0.126. The summed E-state index contributed by atoms with van der Waals surface area (Å²) < 4.78 is 37.7. The molecule has 4 rings (SSSR count). The van der Waals surface area contributed by atoms with Gasteiger partial charge in [0.25, 0.3) is 0 Å². The molecule has 1 amide bonds. The summed E-state index contributed by atoms with van der Waals surface area (Å²) >= 11 is 12.2. The summed E-state index contributed by atoms with van der Waals surface area (Å²) in [5.41, 5.74) is 1.31.